The van der Waals surface area contributed by atoms with E-state index in [4.69, 9.17) is 16.7 Å². The molecule has 0 bridgehead atoms. The molecule has 0 saturated carbocycles. The lowest BCUT2D eigenvalue weighted by Crippen LogP contribution is -2.38. The molecule has 2 N–H and O–H groups in total. The maximum atomic E-state index is 9.04. The van der Waals surface area contributed by atoms with Crippen LogP contribution in [0.4, 0.5) is 0 Å². The summed E-state index contributed by atoms with van der Waals surface area (Å²) in [4.78, 5) is 7.80. The Morgan fingerprint density at radius 1 is 1.55 bits per heavy atom. The molecule has 0 spiro atoms. The zero-order valence-electron chi connectivity index (χ0n) is 12.1. The molecule has 1 heterocycles. The van der Waals surface area contributed by atoms with Crippen molar-refractivity contribution in [1.29, 1.82) is 0 Å². The molecule has 0 aliphatic rings. The van der Waals surface area contributed by atoms with Crippen molar-refractivity contribution in [2.45, 2.75) is 20.4 Å². The summed E-state index contributed by atoms with van der Waals surface area (Å²) in [6, 6.07) is 3.94. The molecule has 4 nitrogen and oxygen atoms in total. The molecule has 20 heavy (non-hydrogen) atoms. The zero-order chi connectivity index (χ0) is 14.3. The number of hydrogen-bond donors (Lipinski definition) is 2. The number of nitrogens with zero attached hydrogens (tertiary/aromatic N) is 2. The zero-order valence-corrected chi connectivity index (χ0v) is 16.0. The molecule has 116 valence electrons. The number of aliphatic hydroxyl groups excluding tert-OH is 1. The summed E-state index contributed by atoms with van der Waals surface area (Å²) >= 11 is 7.51. The first-order valence-electron chi connectivity index (χ1n) is 6.41. The van der Waals surface area contributed by atoms with Gasteiger partial charge in [-0.05, 0) is 25.0 Å². The minimum Gasteiger partial charge on any atom is -0.396 e. The highest BCUT2D eigenvalue weighted by atomic mass is 127. The minimum atomic E-state index is 0. The predicted molar refractivity (Wildman–Crippen MR) is 98.4 cm³/mol. The lowest BCUT2D eigenvalue weighted by atomic mass is 10.2. The lowest BCUT2D eigenvalue weighted by Gasteiger charge is -2.21. The molecule has 0 saturated heterocycles. The van der Waals surface area contributed by atoms with E-state index in [1.165, 1.54) is 4.88 Å². The normalized spacial score (nSPS) is 12.8. The number of nitrogens with one attached hydrogen (secondary N) is 1. The van der Waals surface area contributed by atoms with E-state index < -0.39 is 0 Å². The summed E-state index contributed by atoms with van der Waals surface area (Å²) in [7, 11) is 2.00. The number of halogens is 2. The van der Waals surface area contributed by atoms with Crippen molar-refractivity contribution in [2.24, 2.45) is 10.9 Å². The first-order valence-corrected chi connectivity index (χ1v) is 7.60. The Kier molecular flexibility index (Phi) is 10.6. The van der Waals surface area contributed by atoms with Crippen LogP contribution in [0.3, 0.4) is 0 Å². The molecule has 1 aromatic rings. The standard InChI is InChI=1S/C13H22ClN3OS.HI/c1-4-15-13(16-7-10(2)9-18)17(3)8-11-5-6-12(14)19-11;/h5-6,10,18H,4,7-9H2,1-3H3,(H,15,16);1H. The van der Waals surface area contributed by atoms with Gasteiger partial charge in [0.1, 0.15) is 0 Å². The van der Waals surface area contributed by atoms with Gasteiger partial charge in [0.25, 0.3) is 0 Å². The summed E-state index contributed by atoms with van der Waals surface area (Å²) in [5, 5.41) is 12.3. The molecule has 7 heteroatoms. The number of aliphatic imine (C=N–C) groups is 1. The second kappa shape index (κ2) is 10.6. The smallest absolute Gasteiger partial charge is 0.193 e. The van der Waals surface area contributed by atoms with Crippen molar-refractivity contribution in [3.63, 3.8) is 0 Å². The van der Waals surface area contributed by atoms with Crippen molar-refractivity contribution in [2.75, 3.05) is 26.7 Å². The van der Waals surface area contributed by atoms with Gasteiger partial charge in [-0.1, -0.05) is 18.5 Å². The van der Waals surface area contributed by atoms with E-state index >= 15 is 0 Å². The van der Waals surface area contributed by atoms with E-state index in [1.807, 2.05) is 33.0 Å². The third kappa shape index (κ3) is 7.10. The Bertz CT molecular complexity index is 414. The molecule has 0 aliphatic heterocycles. The van der Waals surface area contributed by atoms with Gasteiger partial charge in [0.05, 0.1) is 10.9 Å². The Balaban J connectivity index is 0.00000361. The molecule has 0 aromatic carbocycles. The van der Waals surface area contributed by atoms with Gasteiger partial charge < -0.3 is 15.3 Å². The fraction of sp³-hybridized carbons (Fsp3) is 0.615. The van der Waals surface area contributed by atoms with Gasteiger partial charge in [-0.2, -0.15) is 0 Å². The number of aliphatic hydroxyl groups is 1. The highest BCUT2D eigenvalue weighted by Crippen LogP contribution is 2.22. The molecule has 0 fully saturated rings. The Morgan fingerprint density at radius 2 is 2.25 bits per heavy atom. The predicted octanol–water partition coefficient (Wildman–Crippen LogP) is 3.05. The summed E-state index contributed by atoms with van der Waals surface area (Å²) in [6.07, 6.45) is 0. The van der Waals surface area contributed by atoms with Crippen LogP contribution < -0.4 is 5.32 Å². The summed E-state index contributed by atoms with van der Waals surface area (Å²) in [5.74, 6) is 1.03. The van der Waals surface area contributed by atoms with E-state index in [2.05, 4.69) is 15.2 Å². The van der Waals surface area contributed by atoms with Crippen molar-refractivity contribution in [1.82, 2.24) is 10.2 Å². The van der Waals surface area contributed by atoms with Gasteiger partial charge in [-0.15, -0.1) is 35.3 Å². The molecular weight excluding hydrogens is 409 g/mol. The molecule has 1 aromatic heterocycles. The third-order valence-electron chi connectivity index (χ3n) is 2.58. The van der Waals surface area contributed by atoms with E-state index in [-0.39, 0.29) is 36.5 Å². The van der Waals surface area contributed by atoms with Crippen LogP contribution in [-0.4, -0.2) is 42.7 Å². The molecule has 1 atom stereocenters. The topological polar surface area (TPSA) is 47.9 Å². The van der Waals surface area contributed by atoms with Crippen molar-refractivity contribution >= 4 is 52.9 Å². The average molecular weight is 432 g/mol. The van der Waals surface area contributed by atoms with Crippen molar-refractivity contribution in [3.05, 3.63) is 21.3 Å². The highest BCUT2D eigenvalue weighted by molar-refractivity contribution is 14.0. The maximum absolute atomic E-state index is 9.04. The number of hydrogen-bond acceptors (Lipinski definition) is 3. The third-order valence-corrected chi connectivity index (χ3v) is 3.80. The van der Waals surface area contributed by atoms with Gasteiger partial charge in [-0.3, -0.25) is 4.99 Å². The van der Waals surface area contributed by atoms with Crippen molar-refractivity contribution in [3.8, 4) is 0 Å². The molecule has 0 radical (unpaired) electrons. The second-order valence-electron chi connectivity index (χ2n) is 4.54. The molecule has 1 rings (SSSR count). The van der Waals surface area contributed by atoms with Crippen LogP contribution in [0.2, 0.25) is 4.34 Å². The first-order chi connectivity index (χ1) is 9.06. The van der Waals surface area contributed by atoms with Gasteiger partial charge in [0, 0.05) is 31.6 Å². The van der Waals surface area contributed by atoms with Crippen LogP contribution in [0, 0.1) is 5.92 Å². The lowest BCUT2D eigenvalue weighted by molar-refractivity contribution is 0.241. The van der Waals surface area contributed by atoms with E-state index in [9.17, 15) is 0 Å². The van der Waals surface area contributed by atoms with Crippen LogP contribution in [0.1, 0.15) is 18.7 Å². The Hall–Kier alpha value is -0.0500. The van der Waals surface area contributed by atoms with Crippen molar-refractivity contribution < 1.29 is 5.11 Å². The van der Waals surface area contributed by atoms with Crippen LogP contribution in [-0.2, 0) is 6.54 Å². The Morgan fingerprint density at radius 3 is 2.75 bits per heavy atom. The molecular formula is C13H23ClIN3OS. The van der Waals surface area contributed by atoms with E-state index in [0.717, 1.165) is 23.4 Å². The van der Waals surface area contributed by atoms with Gasteiger partial charge in [-0.25, -0.2) is 0 Å². The average Bonchev–Trinajstić information content (AvgIpc) is 2.79. The fourth-order valence-corrected chi connectivity index (χ4v) is 2.66. The molecule has 0 amide bonds. The second-order valence-corrected chi connectivity index (χ2v) is 6.34. The largest absolute Gasteiger partial charge is 0.396 e. The summed E-state index contributed by atoms with van der Waals surface area (Å²) < 4.78 is 0.805. The number of rotatable bonds is 6. The van der Waals surface area contributed by atoms with Crippen LogP contribution in [0.5, 0.6) is 0 Å². The molecule has 1 unspecified atom stereocenters. The van der Waals surface area contributed by atoms with Crippen LogP contribution in [0.15, 0.2) is 17.1 Å². The minimum absolute atomic E-state index is 0. The quantitative estimate of drug-likeness (QED) is 0.413. The van der Waals surface area contributed by atoms with E-state index in [1.54, 1.807) is 11.3 Å². The summed E-state index contributed by atoms with van der Waals surface area (Å²) in [5.41, 5.74) is 0. The van der Waals surface area contributed by atoms with E-state index in [0.29, 0.717) is 6.54 Å². The monoisotopic (exact) mass is 431 g/mol. The maximum Gasteiger partial charge on any atom is 0.193 e. The summed E-state index contributed by atoms with van der Waals surface area (Å²) in [6.45, 7) is 6.40. The first kappa shape index (κ1) is 19.9. The highest BCUT2D eigenvalue weighted by Gasteiger charge is 2.09. The van der Waals surface area contributed by atoms with Crippen LogP contribution in [0.25, 0.3) is 0 Å². The molecule has 0 aliphatic carbocycles. The Labute approximate surface area is 147 Å². The van der Waals surface area contributed by atoms with Crippen LogP contribution >= 0.6 is 46.9 Å². The van der Waals surface area contributed by atoms with Gasteiger partial charge >= 0.3 is 0 Å². The number of guanidine groups is 1. The van der Waals surface area contributed by atoms with Gasteiger partial charge in [0.2, 0.25) is 0 Å². The van der Waals surface area contributed by atoms with Gasteiger partial charge in [0.15, 0.2) is 5.96 Å². The number of thiophene rings is 1. The fourth-order valence-electron chi connectivity index (χ4n) is 1.52. The SMILES string of the molecule is CCNC(=NCC(C)CO)N(C)Cc1ccc(Cl)s1.I.